The summed E-state index contributed by atoms with van der Waals surface area (Å²) in [5, 5.41) is 2.99. The van der Waals surface area contributed by atoms with E-state index in [1.807, 2.05) is 39.9 Å². The van der Waals surface area contributed by atoms with E-state index in [4.69, 9.17) is 4.74 Å². The molecule has 1 aromatic heterocycles. The van der Waals surface area contributed by atoms with E-state index in [1.165, 1.54) is 0 Å². The average Bonchev–Trinajstić information content (AvgIpc) is 3.31. The highest BCUT2D eigenvalue weighted by Crippen LogP contribution is 2.37. The number of aromatic nitrogens is 2. The summed E-state index contributed by atoms with van der Waals surface area (Å²) in [5.41, 5.74) is 1.31. The summed E-state index contributed by atoms with van der Waals surface area (Å²) < 4.78 is 7.45. The Labute approximate surface area is 158 Å². The molecule has 1 aromatic carbocycles. The molecule has 2 aliphatic rings. The van der Waals surface area contributed by atoms with Crippen molar-refractivity contribution in [3.63, 3.8) is 0 Å². The summed E-state index contributed by atoms with van der Waals surface area (Å²) in [7, 11) is 0. The smallest absolute Gasteiger partial charge is 0.254 e. The van der Waals surface area contributed by atoms with E-state index < -0.39 is 5.54 Å². The van der Waals surface area contributed by atoms with Crippen LogP contribution in [0.3, 0.4) is 0 Å². The maximum atomic E-state index is 13.0. The lowest BCUT2D eigenvalue weighted by molar-refractivity contribution is -0.125. The number of nitrogens with one attached hydrogen (secondary N) is 1. The summed E-state index contributed by atoms with van der Waals surface area (Å²) >= 11 is 0. The van der Waals surface area contributed by atoms with Gasteiger partial charge in [-0.25, -0.2) is 4.98 Å². The van der Waals surface area contributed by atoms with E-state index in [9.17, 15) is 9.59 Å². The highest BCUT2D eigenvalue weighted by atomic mass is 16.5. The molecule has 0 aliphatic carbocycles. The Balaban J connectivity index is 1.44. The van der Waals surface area contributed by atoms with E-state index in [1.54, 1.807) is 12.5 Å². The van der Waals surface area contributed by atoms with Crippen LogP contribution in [-0.4, -0.2) is 51.6 Å². The highest BCUT2D eigenvalue weighted by molar-refractivity contribution is 5.99. The number of amides is 2. The second-order valence-corrected chi connectivity index (χ2v) is 7.21. The summed E-state index contributed by atoms with van der Waals surface area (Å²) in [6, 6.07) is 7.70. The van der Waals surface area contributed by atoms with E-state index in [-0.39, 0.29) is 11.8 Å². The van der Waals surface area contributed by atoms with E-state index in [0.717, 1.165) is 11.1 Å². The highest BCUT2D eigenvalue weighted by Gasteiger charge is 2.45. The molecule has 3 heterocycles. The summed E-state index contributed by atoms with van der Waals surface area (Å²) in [5.74, 6) is -0.000475. The van der Waals surface area contributed by atoms with Crippen molar-refractivity contribution in [3.8, 4) is 0 Å². The van der Waals surface area contributed by atoms with Crippen LogP contribution in [0.4, 0.5) is 0 Å². The second-order valence-electron chi connectivity index (χ2n) is 7.21. The maximum Gasteiger partial charge on any atom is 0.254 e. The predicted molar refractivity (Wildman–Crippen MR) is 99.0 cm³/mol. The first-order chi connectivity index (χ1) is 13.2. The molecule has 2 aliphatic heterocycles. The average molecular weight is 368 g/mol. The Hall–Kier alpha value is -2.67. The molecular weight excluding hydrogens is 344 g/mol. The van der Waals surface area contributed by atoms with Gasteiger partial charge in [0.15, 0.2) is 0 Å². The molecule has 1 saturated heterocycles. The van der Waals surface area contributed by atoms with Crippen LogP contribution in [0.15, 0.2) is 43.0 Å². The van der Waals surface area contributed by atoms with Gasteiger partial charge in [-0.3, -0.25) is 9.59 Å². The minimum atomic E-state index is -0.479. The monoisotopic (exact) mass is 368 g/mol. The molecule has 1 N–H and O–H groups in total. The van der Waals surface area contributed by atoms with E-state index >= 15 is 0 Å². The van der Waals surface area contributed by atoms with Gasteiger partial charge in [-0.1, -0.05) is 18.2 Å². The molecule has 7 heteroatoms. The van der Waals surface area contributed by atoms with Crippen molar-refractivity contribution < 1.29 is 14.3 Å². The fourth-order valence-corrected chi connectivity index (χ4v) is 4.04. The number of nitrogens with zero attached hydrogens (tertiary/aromatic N) is 3. The van der Waals surface area contributed by atoms with Crippen LogP contribution >= 0.6 is 0 Å². The van der Waals surface area contributed by atoms with Gasteiger partial charge >= 0.3 is 0 Å². The van der Waals surface area contributed by atoms with Gasteiger partial charge in [0, 0.05) is 50.8 Å². The third-order valence-electron chi connectivity index (χ3n) is 5.56. The fourth-order valence-electron chi connectivity index (χ4n) is 4.04. The van der Waals surface area contributed by atoms with Gasteiger partial charge in [0.1, 0.15) is 0 Å². The lowest BCUT2D eigenvalue weighted by atomic mass is 9.84. The standard InChI is InChI=1S/C20H24N4O3/c25-18(22-8-10-23-9-7-21-15-23)13-20(5-11-27-12-6-20)24-14-16-3-1-2-4-17(16)19(24)26/h1-4,7,9,15H,5-6,8,10-14H2,(H,22,25). The third kappa shape index (κ3) is 3.60. The molecule has 2 amide bonds. The number of hydrogen-bond acceptors (Lipinski definition) is 4. The number of hydrogen-bond donors (Lipinski definition) is 1. The Kier molecular flexibility index (Phi) is 4.94. The topological polar surface area (TPSA) is 76.5 Å². The number of ether oxygens (including phenoxy) is 1. The van der Waals surface area contributed by atoms with Crippen LogP contribution in [0.2, 0.25) is 0 Å². The van der Waals surface area contributed by atoms with Crippen LogP contribution in [0.5, 0.6) is 0 Å². The van der Waals surface area contributed by atoms with Crippen molar-refractivity contribution in [1.82, 2.24) is 19.8 Å². The third-order valence-corrected chi connectivity index (χ3v) is 5.56. The maximum absolute atomic E-state index is 13.0. The fraction of sp³-hybridized carbons (Fsp3) is 0.450. The molecule has 7 nitrogen and oxygen atoms in total. The molecule has 0 atom stereocenters. The van der Waals surface area contributed by atoms with Gasteiger partial charge < -0.3 is 19.5 Å². The lowest BCUT2D eigenvalue weighted by Gasteiger charge is -2.44. The van der Waals surface area contributed by atoms with Crippen molar-refractivity contribution in [2.75, 3.05) is 19.8 Å². The Morgan fingerprint density at radius 2 is 2.07 bits per heavy atom. The zero-order chi connectivity index (χ0) is 18.7. The normalized spacial score (nSPS) is 18.4. The number of fused-ring (bicyclic) bond motifs is 1. The zero-order valence-electron chi connectivity index (χ0n) is 15.3. The quantitative estimate of drug-likeness (QED) is 0.840. The number of carbonyl (C=O) groups excluding carboxylic acids is 2. The first-order valence-corrected chi connectivity index (χ1v) is 9.38. The molecule has 27 heavy (non-hydrogen) atoms. The molecule has 0 unspecified atom stereocenters. The van der Waals surface area contributed by atoms with Crippen LogP contribution in [0, 0.1) is 0 Å². The van der Waals surface area contributed by atoms with Gasteiger partial charge in [0.25, 0.3) is 5.91 Å². The van der Waals surface area contributed by atoms with Crippen LogP contribution in [0.1, 0.15) is 35.2 Å². The second kappa shape index (κ2) is 7.52. The van der Waals surface area contributed by atoms with Crippen LogP contribution in [-0.2, 0) is 22.6 Å². The van der Waals surface area contributed by atoms with Gasteiger partial charge in [-0.05, 0) is 24.5 Å². The summed E-state index contributed by atoms with van der Waals surface area (Å²) in [6.45, 7) is 2.92. The van der Waals surface area contributed by atoms with E-state index in [2.05, 4.69) is 10.3 Å². The van der Waals surface area contributed by atoms with Gasteiger partial charge in [0.2, 0.25) is 5.91 Å². The van der Waals surface area contributed by atoms with Crippen molar-refractivity contribution >= 4 is 11.8 Å². The molecule has 1 fully saturated rings. The number of carbonyl (C=O) groups is 2. The number of imidazole rings is 1. The minimum absolute atomic E-state index is 0.0266. The van der Waals surface area contributed by atoms with Crippen LogP contribution in [0.25, 0.3) is 0 Å². The van der Waals surface area contributed by atoms with Crippen molar-refractivity contribution in [2.24, 2.45) is 0 Å². The number of rotatable bonds is 6. The van der Waals surface area contributed by atoms with Gasteiger partial charge in [-0.2, -0.15) is 0 Å². The summed E-state index contributed by atoms with van der Waals surface area (Å²) in [6.07, 6.45) is 6.98. The molecule has 0 saturated carbocycles. The van der Waals surface area contributed by atoms with Crippen LogP contribution < -0.4 is 5.32 Å². The molecule has 142 valence electrons. The predicted octanol–water partition coefficient (Wildman–Crippen LogP) is 1.59. The van der Waals surface area contributed by atoms with E-state index in [0.29, 0.717) is 52.1 Å². The molecule has 0 spiro atoms. The Bertz CT molecular complexity index is 812. The lowest BCUT2D eigenvalue weighted by Crippen LogP contribution is -2.54. The SMILES string of the molecule is O=C(CC1(N2Cc3ccccc3C2=O)CCOCC1)NCCn1ccnc1. The molecule has 0 bridgehead atoms. The van der Waals surface area contributed by atoms with Gasteiger partial charge in [0.05, 0.1) is 18.3 Å². The van der Waals surface area contributed by atoms with Gasteiger partial charge in [-0.15, -0.1) is 0 Å². The molecule has 0 radical (unpaired) electrons. The largest absolute Gasteiger partial charge is 0.381 e. The van der Waals surface area contributed by atoms with Crippen molar-refractivity contribution in [1.29, 1.82) is 0 Å². The Morgan fingerprint density at radius 1 is 1.26 bits per heavy atom. The molecule has 4 rings (SSSR count). The Morgan fingerprint density at radius 3 is 2.81 bits per heavy atom. The summed E-state index contributed by atoms with van der Waals surface area (Å²) in [4.78, 5) is 31.6. The first kappa shape index (κ1) is 17.7. The minimum Gasteiger partial charge on any atom is -0.381 e. The zero-order valence-corrected chi connectivity index (χ0v) is 15.3. The molecular formula is C20H24N4O3. The first-order valence-electron chi connectivity index (χ1n) is 9.38. The molecule has 2 aromatic rings. The number of benzene rings is 1. The van der Waals surface area contributed by atoms with Crippen molar-refractivity contribution in [2.45, 2.75) is 37.9 Å². The van der Waals surface area contributed by atoms with Crippen molar-refractivity contribution in [3.05, 3.63) is 54.1 Å².